The van der Waals surface area contributed by atoms with Crippen LogP contribution >= 0.6 is 0 Å². The van der Waals surface area contributed by atoms with Crippen molar-refractivity contribution in [3.63, 3.8) is 0 Å². The smallest absolute Gasteiger partial charge is 0.0619 e. The van der Waals surface area contributed by atoms with Crippen LogP contribution in [0, 0.1) is 6.92 Å². The summed E-state index contributed by atoms with van der Waals surface area (Å²) in [7, 11) is 0. The topological polar surface area (TPSA) is 0 Å². The highest BCUT2D eigenvalue weighted by Crippen LogP contribution is 2.60. The van der Waals surface area contributed by atoms with Gasteiger partial charge in [0.2, 0.25) is 0 Å². The molecule has 0 atom stereocenters. The van der Waals surface area contributed by atoms with E-state index in [1.807, 2.05) is 0 Å². The summed E-state index contributed by atoms with van der Waals surface area (Å²) in [5, 5.41) is 0. The van der Waals surface area contributed by atoms with Gasteiger partial charge in [0, 0.05) is 5.41 Å². The Balaban J connectivity index is 1.60. The van der Waals surface area contributed by atoms with Gasteiger partial charge >= 0.3 is 0 Å². The Morgan fingerprint density at radius 3 is 1.47 bits per heavy atom. The number of benzene rings is 5. The highest BCUT2D eigenvalue weighted by atomic mass is 14.5. The van der Waals surface area contributed by atoms with Crippen LogP contribution in [0.1, 0.15) is 105 Å². The standard InChI is InChI=1S/C43H44/c1-27-14-23-33-35-25-37-34(32-12-10-11-13-36(32)42(37,8)9)26-39(35)43(38(33)24-27,30-19-15-28(16-20-30)40(2,3)4)31-21-17-29(18-22-31)41(5,6)7/h10-26H,1-9H3. The molecule has 0 nitrogen and oxygen atoms in total. The van der Waals surface area contributed by atoms with E-state index in [4.69, 9.17) is 0 Å². The van der Waals surface area contributed by atoms with Crippen molar-refractivity contribution in [1.29, 1.82) is 0 Å². The van der Waals surface area contributed by atoms with E-state index in [9.17, 15) is 0 Å². The molecule has 5 aromatic carbocycles. The molecule has 2 aliphatic rings. The molecule has 0 radical (unpaired) electrons. The molecule has 7 rings (SSSR count). The van der Waals surface area contributed by atoms with E-state index >= 15 is 0 Å². The molecule has 0 heterocycles. The molecule has 0 aliphatic heterocycles. The zero-order chi connectivity index (χ0) is 30.5. The summed E-state index contributed by atoms with van der Waals surface area (Å²) in [6, 6.07) is 40.3. The fraction of sp³-hybridized carbons (Fsp3) is 0.302. The molecule has 0 fully saturated rings. The number of fused-ring (bicyclic) bond motifs is 6. The third-order valence-electron chi connectivity index (χ3n) is 10.4. The zero-order valence-corrected chi connectivity index (χ0v) is 27.3. The van der Waals surface area contributed by atoms with Gasteiger partial charge in [0.25, 0.3) is 0 Å². The van der Waals surface area contributed by atoms with Gasteiger partial charge < -0.3 is 0 Å². The summed E-state index contributed by atoms with van der Waals surface area (Å²) in [4.78, 5) is 0. The third kappa shape index (κ3) is 3.95. The molecule has 2 aliphatic carbocycles. The summed E-state index contributed by atoms with van der Waals surface area (Å²) < 4.78 is 0. The quantitative estimate of drug-likeness (QED) is 0.198. The van der Waals surface area contributed by atoms with E-state index in [1.165, 1.54) is 72.3 Å². The van der Waals surface area contributed by atoms with Gasteiger partial charge in [-0.25, -0.2) is 0 Å². The fourth-order valence-corrected chi connectivity index (χ4v) is 7.86. The molecular formula is C43H44. The van der Waals surface area contributed by atoms with Crippen molar-refractivity contribution in [2.45, 2.75) is 84.0 Å². The Bertz CT molecular complexity index is 1820. The largest absolute Gasteiger partial charge is 0.0713 e. The maximum absolute atomic E-state index is 2.56. The van der Waals surface area contributed by atoms with Gasteiger partial charge in [-0.15, -0.1) is 0 Å². The first-order valence-corrected chi connectivity index (χ1v) is 15.9. The van der Waals surface area contributed by atoms with Crippen molar-refractivity contribution in [3.05, 3.63) is 153 Å². The number of aryl methyl sites for hydroxylation is 1. The second kappa shape index (κ2) is 9.06. The monoisotopic (exact) mass is 560 g/mol. The van der Waals surface area contributed by atoms with Crippen molar-refractivity contribution >= 4 is 0 Å². The van der Waals surface area contributed by atoms with Gasteiger partial charge in [0.05, 0.1) is 5.41 Å². The molecule has 43 heavy (non-hydrogen) atoms. The summed E-state index contributed by atoms with van der Waals surface area (Å²) in [6.45, 7) is 20.8. The maximum atomic E-state index is 2.56. The highest BCUT2D eigenvalue weighted by molar-refractivity contribution is 5.92. The Morgan fingerprint density at radius 1 is 0.442 bits per heavy atom. The minimum Gasteiger partial charge on any atom is -0.0619 e. The predicted molar refractivity (Wildman–Crippen MR) is 183 cm³/mol. The van der Waals surface area contributed by atoms with Crippen LogP contribution in [-0.2, 0) is 21.7 Å². The van der Waals surface area contributed by atoms with Gasteiger partial charge in [-0.3, -0.25) is 0 Å². The molecule has 0 aromatic heterocycles. The van der Waals surface area contributed by atoms with Gasteiger partial charge in [-0.05, 0) is 96.6 Å². The predicted octanol–water partition coefficient (Wildman–Crippen LogP) is 11.3. The normalized spacial score (nSPS) is 15.9. The summed E-state index contributed by atoms with van der Waals surface area (Å²) >= 11 is 0. The van der Waals surface area contributed by atoms with Crippen LogP contribution in [0.5, 0.6) is 0 Å². The zero-order valence-electron chi connectivity index (χ0n) is 27.3. The average Bonchev–Trinajstić information content (AvgIpc) is 3.37. The van der Waals surface area contributed by atoms with Crippen molar-refractivity contribution in [3.8, 4) is 22.3 Å². The van der Waals surface area contributed by atoms with E-state index in [2.05, 4.69) is 165 Å². The molecular weight excluding hydrogens is 516 g/mol. The Labute approximate surface area is 258 Å². The second-order valence-electron chi connectivity index (χ2n) is 15.6. The SMILES string of the molecule is Cc1ccc2c(c1)C(c1ccc(C(C)(C)C)cc1)(c1ccc(C(C)(C)C)cc1)c1cc3c(cc1-2)C(C)(C)c1ccccc1-3. The van der Waals surface area contributed by atoms with E-state index in [1.54, 1.807) is 0 Å². The van der Waals surface area contributed by atoms with E-state index in [0.29, 0.717) is 0 Å². The number of hydrogen-bond acceptors (Lipinski definition) is 0. The van der Waals surface area contributed by atoms with Crippen LogP contribution < -0.4 is 0 Å². The van der Waals surface area contributed by atoms with Crippen LogP contribution in [-0.4, -0.2) is 0 Å². The summed E-state index contributed by atoms with van der Waals surface area (Å²) in [5.74, 6) is 0. The van der Waals surface area contributed by atoms with Gasteiger partial charge in [-0.1, -0.05) is 152 Å². The Morgan fingerprint density at radius 2 is 0.907 bits per heavy atom. The van der Waals surface area contributed by atoms with E-state index < -0.39 is 5.41 Å². The fourth-order valence-electron chi connectivity index (χ4n) is 7.86. The molecule has 5 aromatic rings. The lowest BCUT2D eigenvalue weighted by atomic mass is 9.66. The Kier molecular flexibility index (Phi) is 5.88. The first kappa shape index (κ1) is 27.9. The van der Waals surface area contributed by atoms with Crippen LogP contribution in [0.25, 0.3) is 22.3 Å². The molecule has 0 heteroatoms. The summed E-state index contributed by atoms with van der Waals surface area (Å²) in [6.07, 6.45) is 0. The maximum Gasteiger partial charge on any atom is 0.0713 e. The van der Waals surface area contributed by atoms with Crippen molar-refractivity contribution in [2.24, 2.45) is 0 Å². The molecule has 0 saturated carbocycles. The third-order valence-corrected chi connectivity index (χ3v) is 10.4. The van der Waals surface area contributed by atoms with Gasteiger partial charge in [0.1, 0.15) is 0 Å². The van der Waals surface area contributed by atoms with Crippen LogP contribution in [0.15, 0.2) is 103 Å². The molecule has 0 saturated heterocycles. The first-order chi connectivity index (χ1) is 20.2. The molecule has 216 valence electrons. The van der Waals surface area contributed by atoms with Gasteiger partial charge in [-0.2, -0.15) is 0 Å². The highest BCUT2D eigenvalue weighted by Gasteiger charge is 2.48. The average molecular weight is 561 g/mol. The number of rotatable bonds is 2. The van der Waals surface area contributed by atoms with Crippen molar-refractivity contribution in [1.82, 2.24) is 0 Å². The van der Waals surface area contributed by atoms with Gasteiger partial charge in [0.15, 0.2) is 0 Å². The second-order valence-corrected chi connectivity index (χ2v) is 15.6. The van der Waals surface area contributed by atoms with E-state index in [-0.39, 0.29) is 16.2 Å². The molecule has 0 N–H and O–H groups in total. The van der Waals surface area contributed by atoms with E-state index in [0.717, 1.165) is 0 Å². The molecule has 0 bridgehead atoms. The number of hydrogen-bond donors (Lipinski definition) is 0. The lowest BCUT2D eigenvalue weighted by Gasteiger charge is -2.35. The van der Waals surface area contributed by atoms with Crippen LogP contribution in [0.4, 0.5) is 0 Å². The molecule has 0 unspecified atom stereocenters. The van der Waals surface area contributed by atoms with Crippen molar-refractivity contribution < 1.29 is 0 Å². The lowest BCUT2D eigenvalue weighted by Crippen LogP contribution is -2.29. The molecule has 0 spiro atoms. The Hall–Kier alpha value is -3.90. The van der Waals surface area contributed by atoms with Crippen LogP contribution in [0.3, 0.4) is 0 Å². The molecule has 0 amide bonds. The summed E-state index contributed by atoms with van der Waals surface area (Å²) in [5.41, 5.74) is 17.5. The lowest BCUT2D eigenvalue weighted by molar-refractivity contribution is 0.588. The van der Waals surface area contributed by atoms with Crippen LogP contribution in [0.2, 0.25) is 0 Å². The first-order valence-electron chi connectivity index (χ1n) is 15.9. The minimum atomic E-state index is -0.416. The minimum absolute atomic E-state index is 0.0419. The van der Waals surface area contributed by atoms with Crippen molar-refractivity contribution in [2.75, 3.05) is 0 Å².